The van der Waals surface area contributed by atoms with Gasteiger partial charge in [-0.1, -0.05) is 18.2 Å². The highest BCUT2D eigenvalue weighted by Crippen LogP contribution is 2.46. The van der Waals surface area contributed by atoms with Crippen molar-refractivity contribution in [2.75, 3.05) is 4.90 Å². The molecule has 6 heteroatoms. The maximum atomic E-state index is 12.5. The molecule has 0 saturated carbocycles. The van der Waals surface area contributed by atoms with E-state index in [1.165, 1.54) is 18.2 Å². The smallest absolute Gasteiger partial charge is 0.335 e. The van der Waals surface area contributed by atoms with Crippen molar-refractivity contribution in [3.63, 3.8) is 0 Å². The summed E-state index contributed by atoms with van der Waals surface area (Å²) in [6, 6.07) is 5.86. The summed E-state index contributed by atoms with van der Waals surface area (Å²) in [6.45, 7) is 0. The van der Waals surface area contributed by atoms with Gasteiger partial charge in [-0.3, -0.25) is 9.59 Å². The van der Waals surface area contributed by atoms with Crippen molar-refractivity contribution in [3.05, 3.63) is 42.0 Å². The molecule has 21 heavy (non-hydrogen) atoms. The number of aromatic carboxylic acids is 1. The third kappa shape index (κ3) is 1.53. The van der Waals surface area contributed by atoms with Gasteiger partial charge < -0.3 is 9.84 Å². The molecule has 0 aromatic heterocycles. The molecule has 4 rings (SSSR count). The third-order valence-corrected chi connectivity index (χ3v) is 4.26. The van der Waals surface area contributed by atoms with Gasteiger partial charge in [0.2, 0.25) is 11.8 Å². The van der Waals surface area contributed by atoms with Gasteiger partial charge in [0.25, 0.3) is 0 Å². The van der Waals surface area contributed by atoms with E-state index < -0.39 is 17.8 Å². The Balaban J connectivity index is 1.74. The molecule has 0 radical (unpaired) electrons. The number of benzene rings is 1. The molecule has 1 aromatic rings. The van der Waals surface area contributed by atoms with Gasteiger partial charge in [0, 0.05) is 0 Å². The summed E-state index contributed by atoms with van der Waals surface area (Å²) in [4.78, 5) is 37.1. The Labute approximate surface area is 119 Å². The number of carbonyl (C=O) groups is 3. The Morgan fingerprint density at radius 3 is 2.29 bits per heavy atom. The van der Waals surface area contributed by atoms with E-state index in [4.69, 9.17) is 9.84 Å². The van der Waals surface area contributed by atoms with Crippen molar-refractivity contribution in [2.24, 2.45) is 11.8 Å². The minimum Gasteiger partial charge on any atom is -0.478 e. The number of fused-ring (bicyclic) bond motifs is 5. The Morgan fingerprint density at radius 1 is 1.10 bits per heavy atom. The molecule has 3 heterocycles. The van der Waals surface area contributed by atoms with E-state index in [-0.39, 0.29) is 29.6 Å². The molecule has 106 valence electrons. The summed E-state index contributed by atoms with van der Waals surface area (Å²) in [5.74, 6) is -2.70. The predicted molar refractivity (Wildman–Crippen MR) is 70.7 cm³/mol. The lowest BCUT2D eigenvalue weighted by atomic mass is 9.85. The maximum Gasteiger partial charge on any atom is 0.335 e. The van der Waals surface area contributed by atoms with Crippen LogP contribution in [0.2, 0.25) is 0 Å². The summed E-state index contributed by atoms with van der Waals surface area (Å²) in [6.07, 6.45) is 2.94. The van der Waals surface area contributed by atoms with Crippen LogP contribution in [0.15, 0.2) is 36.4 Å². The predicted octanol–water partition coefficient (Wildman–Crippen LogP) is 0.828. The number of ether oxygens (including phenoxy) is 1. The van der Waals surface area contributed by atoms with Crippen LogP contribution in [0.1, 0.15) is 10.4 Å². The van der Waals surface area contributed by atoms with E-state index in [0.29, 0.717) is 5.69 Å². The molecular weight excluding hydrogens is 274 g/mol. The van der Waals surface area contributed by atoms with Crippen molar-refractivity contribution >= 4 is 23.5 Å². The second kappa shape index (κ2) is 4.02. The van der Waals surface area contributed by atoms with Crippen molar-refractivity contribution < 1.29 is 24.2 Å². The zero-order chi connectivity index (χ0) is 14.7. The SMILES string of the molecule is O=C(O)c1cccc(N2C(=O)[C@@H]3[C@H](C2=O)[C@@H]2C=C[C@@H]3O2)c1. The fraction of sp³-hybridized carbons (Fsp3) is 0.267. The second-order valence-electron chi connectivity index (χ2n) is 5.37. The lowest BCUT2D eigenvalue weighted by Gasteiger charge is -2.17. The Morgan fingerprint density at radius 2 is 1.71 bits per heavy atom. The zero-order valence-corrected chi connectivity index (χ0v) is 10.8. The summed E-state index contributed by atoms with van der Waals surface area (Å²) in [5.41, 5.74) is 0.348. The highest BCUT2D eigenvalue weighted by molar-refractivity contribution is 6.23. The van der Waals surface area contributed by atoms with Crippen LogP contribution < -0.4 is 4.90 Å². The number of carbonyl (C=O) groups excluding carboxylic acids is 2. The van der Waals surface area contributed by atoms with Gasteiger partial charge in [-0.15, -0.1) is 0 Å². The van der Waals surface area contributed by atoms with E-state index in [1.54, 1.807) is 6.07 Å². The van der Waals surface area contributed by atoms with Crippen LogP contribution in [0.5, 0.6) is 0 Å². The number of carboxylic acid groups (broad SMARTS) is 1. The topological polar surface area (TPSA) is 83.9 Å². The number of hydrogen-bond acceptors (Lipinski definition) is 4. The first-order chi connectivity index (χ1) is 10.1. The van der Waals surface area contributed by atoms with Crippen LogP contribution in [-0.2, 0) is 14.3 Å². The fourth-order valence-electron chi connectivity index (χ4n) is 3.34. The zero-order valence-electron chi connectivity index (χ0n) is 10.8. The average molecular weight is 285 g/mol. The van der Waals surface area contributed by atoms with Crippen molar-refractivity contribution in [3.8, 4) is 0 Å². The molecule has 0 aliphatic carbocycles. The van der Waals surface area contributed by atoms with Gasteiger partial charge in [-0.2, -0.15) is 0 Å². The van der Waals surface area contributed by atoms with E-state index >= 15 is 0 Å². The number of anilines is 1. The molecule has 0 spiro atoms. The molecule has 2 bridgehead atoms. The minimum atomic E-state index is -1.10. The monoisotopic (exact) mass is 285 g/mol. The van der Waals surface area contributed by atoms with Crippen LogP contribution in [0.25, 0.3) is 0 Å². The molecule has 2 fully saturated rings. The van der Waals surface area contributed by atoms with E-state index in [1.807, 2.05) is 12.2 Å². The lowest BCUT2D eigenvalue weighted by molar-refractivity contribution is -0.124. The van der Waals surface area contributed by atoms with Crippen LogP contribution >= 0.6 is 0 Å². The number of amides is 2. The summed E-state index contributed by atoms with van der Waals surface area (Å²) >= 11 is 0. The lowest BCUT2D eigenvalue weighted by Crippen LogP contribution is -2.34. The molecule has 2 saturated heterocycles. The van der Waals surface area contributed by atoms with Gasteiger partial charge in [-0.25, -0.2) is 9.69 Å². The molecule has 1 aromatic carbocycles. The summed E-state index contributed by atoms with van der Waals surface area (Å²) in [7, 11) is 0. The van der Waals surface area contributed by atoms with Crippen molar-refractivity contribution in [1.29, 1.82) is 0 Å². The van der Waals surface area contributed by atoms with Gasteiger partial charge in [0.15, 0.2) is 0 Å². The highest BCUT2D eigenvalue weighted by atomic mass is 16.5. The Bertz CT molecular complexity index is 680. The first-order valence-electron chi connectivity index (χ1n) is 6.63. The third-order valence-electron chi connectivity index (χ3n) is 4.26. The normalized spacial score (nSPS) is 32.9. The maximum absolute atomic E-state index is 12.5. The van der Waals surface area contributed by atoms with Crippen molar-refractivity contribution in [1.82, 2.24) is 0 Å². The molecule has 0 unspecified atom stereocenters. The number of carboxylic acids is 1. The summed E-state index contributed by atoms with van der Waals surface area (Å²) < 4.78 is 5.55. The van der Waals surface area contributed by atoms with Gasteiger partial charge in [0.05, 0.1) is 35.3 Å². The van der Waals surface area contributed by atoms with Crippen LogP contribution in [0, 0.1) is 11.8 Å². The van der Waals surface area contributed by atoms with Crippen LogP contribution in [0.3, 0.4) is 0 Å². The van der Waals surface area contributed by atoms with E-state index in [9.17, 15) is 14.4 Å². The quantitative estimate of drug-likeness (QED) is 0.642. The van der Waals surface area contributed by atoms with Gasteiger partial charge in [0.1, 0.15) is 0 Å². The number of imide groups is 1. The number of nitrogens with zero attached hydrogens (tertiary/aromatic N) is 1. The highest BCUT2D eigenvalue weighted by Gasteiger charge is 2.61. The molecule has 3 aliphatic rings. The molecule has 1 N–H and O–H groups in total. The first kappa shape index (κ1) is 12.3. The Kier molecular flexibility index (Phi) is 2.35. The second-order valence-corrected chi connectivity index (χ2v) is 5.37. The molecule has 6 nitrogen and oxygen atoms in total. The van der Waals surface area contributed by atoms with E-state index in [0.717, 1.165) is 4.90 Å². The number of rotatable bonds is 2. The standard InChI is InChI=1S/C15H11NO5/c17-13-11-9-4-5-10(21-9)12(11)14(18)16(13)8-3-1-2-7(6-8)15(19)20/h1-6,9-12H,(H,19,20)/t9-,10-,11-,12+/m0/s1. The van der Waals surface area contributed by atoms with Crippen LogP contribution in [-0.4, -0.2) is 35.1 Å². The fourth-order valence-corrected chi connectivity index (χ4v) is 3.34. The average Bonchev–Trinajstić information content (AvgIpc) is 3.13. The largest absolute Gasteiger partial charge is 0.478 e. The molecule has 2 amide bonds. The number of hydrogen-bond donors (Lipinski definition) is 1. The Hall–Kier alpha value is -2.47. The first-order valence-corrected chi connectivity index (χ1v) is 6.63. The van der Waals surface area contributed by atoms with Crippen LogP contribution in [0.4, 0.5) is 5.69 Å². The molecule has 4 atom stereocenters. The molecular formula is C15H11NO5. The van der Waals surface area contributed by atoms with Gasteiger partial charge >= 0.3 is 5.97 Å². The van der Waals surface area contributed by atoms with Gasteiger partial charge in [-0.05, 0) is 18.2 Å². The van der Waals surface area contributed by atoms with Crippen molar-refractivity contribution in [2.45, 2.75) is 12.2 Å². The summed E-state index contributed by atoms with van der Waals surface area (Å²) in [5, 5.41) is 9.02. The minimum absolute atomic E-state index is 0.0440. The van der Waals surface area contributed by atoms with E-state index in [2.05, 4.69) is 0 Å². The molecule has 3 aliphatic heterocycles.